The lowest BCUT2D eigenvalue weighted by Crippen LogP contribution is -2.35. The number of aromatic carboxylic acids is 1. The van der Waals surface area contributed by atoms with E-state index in [2.05, 4.69) is 22.1 Å². The molecule has 1 atom stereocenters. The van der Waals surface area contributed by atoms with Crippen molar-refractivity contribution in [1.29, 1.82) is 0 Å². The number of ether oxygens (including phenoxy) is 1. The zero-order valence-electron chi connectivity index (χ0n) is 19.5. The minimum atomic E-state index is -0.890. The summed E-state index contributed by atoms with van der Waals surface area (Å²) in [6.45, 7) is 8.28. The van der Waals surface area contributed by atoms with Crippen LogP contribution in [0.2, 0.25) is 0 Å². The summed E-state index contributed by atoms with van der Waals surface area (Å²) in [6, 6.07) is 13.3. The van der Waals surface area contributed by atoms with Gasteiger partial charge in [-0.15, -0.1) is 0 Å². The number of likely N-dealkylation sites (tertiary alicyclic amines) is 1. The van der Waals surface area contributed by atoms with E-state index < -0.39 is 17.7 Å². The van der Waals surface area contributed by atoms with Crippen molar-refractivity contribution in [2.45, 2.75) is 52.2 Å². The molecule has 1 aliphatic heterocycles. The molecule has 1 aromatic heterocycles. The highest BCUT2D eigenvalue weighted by atomic mass is 16.6. The largest absolute Gasteiger partial charge is 0.478 e. The van der Waals surface area contributed by atoms with Crippen molar-refractivity contribution in [3.8, 4) is 0 Å². The zero-order chi connectivity index (χ0) is 23.6. The molecule has 0 amide bonds. The molecule has 2 heterocycles. The van der Waals surface area contributed by atoms with Crippen LogP contribution in [0.15, 0.2) is 48.7 Å². The van der Waals surface area contributed by atoms with Gasteiger partial charge in [0, 0.05) is 18.5 Å². The molecule has 4 rings (SSSR count). The molecule has 1 N–H and O–H groups in total. The van der Waals surface area contributed by atoms with Gasteiger partial charge in [0.05, 0.1) is 17.3 Å². The highest BCUT2D eigenvalue weighted by Crippen LogP contribution is 2.25. The Morgan fingerprint density at radius 2 is 1.97 bits per heavy atom. The Bertz CT molecular complexity index is 1160. The van der Waals surface area contributed by atoms with E-state index in [1.165, 1.54) is 16.7 Å². The molecule has 1 aliphatic rings. The fourth-order valence-corrected chi connectivity index (χ4v) is 4.52. The van der Waals surface area contributed by atoms with E-state index >= 15 is 0 Å². The summed E-state index contributed by atoms with van der Waals surface area (Å²) in [6.07, 6.45) is 4.49. The highest BCUT2D eigenvalue weighted by molar-refractivity contribution is 5.88. The smallest absolute Gasteiger partial charge is 0.435 e. The number of carbonyl (C=O) groups is 2. The van der Waals surface area contributed by atoms with Crippen molar-refractivity contribution in [3.63, 3.8) is 0 Å². The van der Waals surface area contributed by atoms with Gasteiger partial charge in [-0.05, 0) is 87.9 Å². The minimum Gasteiger partial charge on any atom is -0.478 e. The summed E-state index contributed by atoms with van der Waals surface area (Å²) < 4.78 is 6.76. The summed E-state index contributed by atoms with van der Waals surface area (Å²) in [5, 5.41) is 14.4. The molecule has 7 nitrogen and oxygen atoms in total. The Kier molecular flexibility index (Phi) is 6.51. The second-order valence-electron chi connectivity index (χ2n) is 9.88. The van der Waals surface area contributed by atoms with Gasteiger partial charge < -0.3 is 9.84 Å². The number of rotatable bonds is 5. The van der Waals surface area contributed by atoms with E-state index in [0.29, 0.717) is 11.5 Å². The molecule has 1 fully saturated rings. The SMILES string of the molecule is CC(C)(C)OC(=O)n1ncc2cc(CC3CCCN(Cc4cccc(C(=O)O)c4)C3)ccc21. The summed E-state index contributed by atoms with van der Waals surface area (Å²) >= 11 is 0. The maximum atomic E-state index is 12.4. The number of hydrogen-bond donors (Lipinski definition) is 1. The Balaban J connectivity index is 1.41. The second-order valence-corrected chi connectivity index (χ2v) is 9.88. The van der Waals surface area contributed by atoms with Gasteiger partial charge in [0.15, 0.2) is 0 Å². The van der Waals surface area contributed by atoms with Gasteiger partial charge in [0.25, 0.3) is 0 Å². The first-order valence-corrected chi connectivity index (χ1v) is 11.4. The number of nitrogens with zero attached hydrogens (tertiary/aromatic N) is 3. The third kappa shape index (κ3) is 5.79. The molecule has 33 heavy (non-hydrogen) atoms. The Hall–Kier alpha value is -3.19. The standard InChI is InChI=1S/C26H31N3O4/c1-26(2,3)33-25(32)29-23-10-9-18(13-22(23)15-27-29)12-19-7-5-11-28(16-19)17-20-6-4-8-21(14-20)24(30)31/h4,6,8-10,13-15,19H,5,7,11-12,16-17H2,1-3H3,(H,30,31). The van der Waals surface area contributed by atoms with Gasteiger partial charge in [-0.2, -0.15) is 9.78 Å². The van der Waals surface area contributed by atoms with Crippen LogP contribution < -0.4 is 0 Å². The highest BCUT2D eigenvalue weighted by Gasteiger charge is 2.22. The lowest BCUT2D eigenvalue weighted by atomic mass is 9.90. The van der Waals surface area contributed by atoms with Crippen LogP contribution in [0.3, 0.4) is 0 Å². The topological polar surface area (TPSA) is 84.7 Å². The normalized spacial score (nSPS) is 17.2. The molecule has 2 aromatic carbocycles. The van der Waals surface area contributed by atoms with Crippen molar-refractivity contribution < 1.29 is 19.4 Å². The van der Waals surface area contributed by atoms with Crippen LogP contribution in [0.25, 0.3) is 10.9 Å². The number of carbonyl (C=O) groups excluding carboxylic acids is 1. The van der Waals surface area contributed by atoms with Crippen LogP contribution in [0.4, 0.5) is 4.79 Å². The van der Waals surface area contributed by atoms with Gasteiger partial charge >= 0.3 is 12.1 Å². The third-order valence-electron chi connectivity index (χ3n) is 5.91. The Morgan fingerprint density at radius 1 is 1.15 bits per heavy atom. The van der Waals surface area contributed by atoms with Gasteiger partial charge in [-0.3, -0.25) is 4.90 Å². The van der Waals surface area contributed by atoms with Crippen LogP contribution in [-0.2, 0) is 17.7 Å². The molecule has 0 saturated carbocycles. The maximum absolute atomic E-state index is 12.4. The van der Waals surface area contributed by atoms with Gasteiger partial charge in [0.1, 0.15) is 5.60 Å². The zero-order valence-corrected chi connectivity index (χ0v) is 19.5. The molecule has 174 valence electrons. The number of hydrogen-bond acceptors (Lipinski definition) is 5. The number of aromatic nitrogens is 2. The van der Waals surface area contributed by atoms with Gasteiger partial charge in [0.2, 0.25) is 0 Å². The Morgan fingerprint density at radius 3 is 2.73 bits per heavy atom. The van der Waals surface area contributed by atoms with E-state index in [1.807, 2.05) is 39.0 Å². The maximum Gasteiger partial charge on any atom is 0.435 e. The van der Waals surface area contributed by atoms with E-state index in [4.69, 9.17) is 4.74 Å². The monoisotopic (exact) mass is 449 g/mol. The van der Waals surface area contributed by atoms with E-state index in [-0.39, 0.29) is 0 Å². The van der Waals surface area contributed by atoms with Crippen molar-refractivity contribution in [2.24, 2.45) is 5.92 Å². The second kappa shape index (κ2) is 9.35. The van der Waals surface area contributed by atoms with Crippen molar-refractivity contribution in [3.05, 3.63) is 65.4 Å². The molecular weight excluding hydrogens is 418 g/mol. The van der Waals surface area contributed by atoms with Crippen LogP contribution in [0.5, 0.6) is 0 Å². The molecule has 3 aromatic rings. The summed E-state index contributed by atoms with van der Waals surface area (Å²) in [7, 11) is 0. The van der Waals surface area contributed by atoms with E-state index in [0.717, 1.165) is 48.9 Å². The first kappa shape index (κ1) is 23.0. The lowest BCUT2D eigenvalue weighted by Gasteiger charge is -2.33. The summed E-state index contributed by atoms with van der Waals surface area (Å²) in [5.41, 5.74) is 2.77. The number of carboxylic acids is 1. The predicted octanol–water partition coefficient (Wildman–Crippen LogP) is 4.97. The third-order valence-corrected chi connectivity index (χ3v) is 5.91. The molecule has 0 spiro atoms. The number of fused-ring (bicyclic) bond motifs is 1. The van der Waals surface area contributed by atoms with Gasteiger partial charge in [-0.25, -0.2) is 9.59 Å². The quantitative estimate of drug-likeness (QED) is 0.592. The van der Waals surface area contributed by atoms with Crippen molar-refractivity contribution in [2.75, 3.05) is 13.1 Å². The average molecular weight is 450 g/mol. The molecule has 1 saturated heterocycles. The van der Waals surface area contributed by atoms with Gasteiger partial charge in [-0.1, -0.05) is 18.2 Å². The first-order valence-electron chi connectivity index (χ1n) is 11.4. The van der Waals surface area contributed by atoms with Crippen LogP contribution >= 0.6 is 0 Å². The minimum absolute atomic E-state index is 0.335. The molecule has 0 radical (unpaired) electrons. The lowest BCUT2D eigenvalue weighted by molar-refractivity contribution is 0.0522. The molecule has 1 unspecified atom stereocenters. The molecule has 7 heteroatoms. The van der Waals surface area contributed by atoms with Crippen molar-refractivity contribution >= 4 is 23.0 Å². The van der Waals surface area contributed by atoms with Crippen LogP contribution in [0.1, 0.15) is 55.1 Å². The van der Waals surface area contributed by atoms with E-state index in [1.54, 1.807) is 18.3 Å². The number of carboxylic acid groups (broad SMARTS) is 1. The average Bonchev–Trinajstić information content (AvgIpc) is 3.16. The first-order chi connectivity index (χ1) is 15.7. The molecule has 0 bridgehead atoms. The summed E-state index contributed by atoms with van der Waals surface area (Å²) in [4.78, 5) is 26.1. The van der Waals surface area contributed by atoms with Crippen molar-refractivity contribution in [1.82, 2.24) is 14.7 Å². The number of benzene rings is 2. The molecular formula is C26H31N3O4. The Labute approximate surface area is 194 Å². The van der Waals surface area contributed by atoms with E-state index in [9.17, 15) is 14.7 Å². The van der Waals surface area contributed by atoms with Crippen LogP contribution in [-0.4, -0.2) is 50.5 Å². The number of piperidine rings is 1. The summed E-state index contributed by atoms with van der Waals surface area (Å²) in [5.74, 6) is -0.362. The predicted molar refractivity (Wildman–Crippen MR) is 126 cm³/mol. The fraction of sp³-hybridized carbons (Fsp3) is 0.423. The molecule has 0 aliphatic carbocycles. The fourth-order valence-electron chi connectivity index (χ4n) is 4.52. The van der Waals surface area contributed by atoms with Crippen LogP contribution in [0, 0.1) is 5.92 Å².